The Hall–Kier alpha value is -2.64. The summed E-state index contributed by atoms with van der Waals surface area (Å²) in [4.78, 5) is 0. The molecule has 0 radical (unpaired) electrons. The first-order chi connectivity index (χ1) is 15.2. The van der Waals surface area contributed by atoms with Crippen molar-refractivity contribution in [3.63, 3.8) is 0 Å². The van der Waals surface area contributed by atoms with Gasteiger partial charge in [0, 0.05) is 0 Å². The maximum Gasteiger partial charge on any atom is 0.176 e. The molecule has 0 atom stereocenters. The molecule has 0 aliphatic heterocycles. The summed E-state index contributed by atoms with van der Waals surface area (Å²) in [6, 6.07) is 32.3. The Labute approximate surface area is 189 Å². The van der Waals surface area contributed by atoms with Crippen molar-refractivity contribution in [2.45, 2.75) is 46.5 Å². The normalized spacial score (nSPS) is 13.9. The molecule has 0 saturated carbocycles. The van der Waals surface area contributed by atoms with Gasteiger partial charge in [0.1, 0.15) is 0 Å². The quantitative estimate of drug-likeness (QED) is 0.311. The van der Waals surface area contributed by atoms with Gasteiger partial charge in [0.15, 0.2) is 8.07 Å². The summed E-state index contributed by atoms with van der Waals surface area (Å²) >= 11 is 0. The topological polar surface area (TPSA) is 0 Å². The van der Waals surface area contributed by atoms with Crippen LogP contribution >= 0.6 is 0 Å². The minimum atomic E-state index is -2.35. The summed E-state index contributed by atoms with van der Waals surface area (Å²) in [6.45, 7) is 6.95. The molecule has 0 fully saturated rings. The van der Waals surface area contributed by atoms with Crippen LogP contribution in [0.2, 0.25) is 0 Å². The highest BCUT2D eigenvalue weighted by Gasteiger charge is 2.44. The molecule has 0 amide bonds. The average Bonchev–Trinajstić information content (AvgIpc) is 3.31. The van der Waals surface area contributed by atoms with Crippen LogP contribution in [0.5, 0.6) is 0 Å². The first-order valence-corrected chi connectivity index (χ1v) is 13.8. The maximum absolute atomic E-state index is 2.44. The van der Waals surface area contributed by atoms with Crippen LogP contribution in [0.25, 0.3) is 0 Å². The average molecular weight is 423 g/mol. The van der Waals surface area contributed by atoms with E-state index in [9.17, 15) is 0 Å². The van der Waals surface area contributed by atoms with Gasteiger partial charge in [0.05, 0.1) is 0 Å². The summed E-state index contributed by atoms with van der Waals surface area (Å²) in [7, 11) is -2.35. The molecule has 3 aromatic rings. The van der Waals surface area contributed by atoms with E-state index in [1.807, 2.05) is 0 Å². The van der Waals surface area contributed by atoms with Gasteiger partial charge in [-0.05, 0) is 51.9 Å². The molecule has 0 N–H and O–H groups in total. The zero-order valence-corrected chi connectivity index (χ0v) is 20.1. The van der Waals surface area contributed by atoms with Crippen LogP contribution < -0.4 is 15.6 Å². The van der Waals surface area contributed by atoms with E-state index in [1.165, 1.54) is 46.0 Å². The van der Waals surface area contributed by atoms with Crippen molar-refractivity contribution < 1.29 is 0 Å². The molecule has 0 aromatic heterocycles. The number of rotatable bonds is 8. The molecule has 0 heterocycles. The first-order valence-electron chi connectivity index (χ1n) is 11.8. The van der Waals surface area contributed by atoms with E-state index < -0.39 is 8.07 Å². The van der Waals surface area contributed by atoms with Crippen molar-refractivity contribution in [1.29, 1.82) is 0 Å². The lowest BCUT2D eigenvalue weighted by molar-refractivity contribution is 0.789. The molecule has 1 aliphatic rings. The van der Waals surface area contributed by atoms with E-state index >= 15 is 0 Å². The van der Waals surface area contributed by atoms with E-state index in [1.54, 1.807) is 5.20 Å². The Morgan fingerprint density at radius 2 is 1.29 bits per heavy atom. The largest absolute Gasteiger partial charge is 0.176 e. The van der Waals surface area contributed by atoms with Crippen LogP contribution in [0.15, 0.2) is 108 Å². The lowest BCUT2D eigenvalue weighted by Gasteiger charge is -2.37. The van der Waals surface area contributed by atoms with Crippen molar-refractivity contribution >= 4 is 23.6 Å². The zero-order chi connectivity index (χ0) is 21.7. The molecule has 1 heteroatoms. The Morgan fingerprint density at radius 1 is 0.742 bits per heavy atom. The summed E-state index contributed by atoms with van der Waals surface area (Å²) in [5.41, 5.74) is 2.99. The molecule has 1 aliphatic carbocycles. The molecule has 3 aromatic carbocycles. The molecule has 0 unspecified atom stereocenters. The fourth-order valence-electron chi connectivity index (χ4n) is 5.13. The van der Waals surface area contributed by atoms with Gasteiger partial charge < -0.3 is 0 Å². The Kier molecular flexibility index (Phi) is 6.73. The lowest BCUT2D eigenvalue weighted by Crippen LogP contribution is -2.68. The highest BCUT2D eigenvalue weighted by atomic mass is 28.3. The second-order valence-electron chi connectivity index (χ2n) is 8.98. The van der Waals surface area contributed by atoms with Gasteiger partial charge in [0.25, 0.3) is 0 Å². The Balaban J connectivity index is 2.01. The highest BCUT2D eigenvalue weighted by Crippen LogP contribution is 2.32. The number of aryl methyl sites for hydroxylation is 1. The minimum Gasteiger partial charge on any atom is -0.0805 e. The molecule has 0 spiro atoms. The summed E-state index contributed by atoms with van der Waals surface area (Å²) in [6.07, 6.45) is 9.50. The molecule has 31 heavy (non-hydrogen) atoms. The fourth-order valence-corrected chi connectivity index (χ4v) is 10.5. The van der Waals surface area contributed by atoms with Crippen LogP contribution in [0.3, 0.4) is 0 Å². The fraction of sp³-hybridized carbons (Fsp3) is 0.267. The van der Waals surface area contributed by atoms with E-state index in [0.717, 1.165) is 6.42 Å². The van der Waals surface area contributed by atoms with Crippen molar-refractivity contribution in [3.05, 3.63) is 113 Å². The van der Waals surface area contributed by atoms with Gasteiger partial charge >= 0.3 is 0 Å². The van der Waals surface area contributed by atoms with E-state index in [0.29, 0.717) is 5.92 Å². The number of unbranched alkanes of at least 4 members (excludes halogenated alkanes) is 1. The van der Waals surface area contributed by atoms with E-state index in [2.05, 4.69) is 118 Å². The Bertz CT molecular complexity index is 1000. The van der Waals surface area contributed by atoms with Gasteiger partial charge in [-0.3, -0.25) is 0 Å². The van der Waals surface area contributed by atoms with Crippen molar-refractivity contribution in [1.82, 2.24) is 0 Å². The number of hydrogen-bond donors (Lipinski definition) is 0. The third-order valence-electron chi connectivity index (χ3n) is 6.66. The molecular weight excluding hydrogens is 388 g/mol. The van der Waals surface area contributed by atoms with Gasteiger partial charge in [-0.2, -0.15) is 0 Å². The van der Waals surface area contributed by atoms with Crippen LogP contribution in [-0.2, 0) is 6.42 Å². The summed E-state index contributed by atoms with van der Waals surface area (Å²) in [5, 5.41) is 6.13. The maximum atomic E-state index is 2.44. The van der Waals surface area contributed by atoms with Crippen molar-refractivity contribution in [3.8, 4) is 0 Å². The zero-order valence-electron chi connectivity index (χ0n) is 19.1. The molecule has 0 saturated heterocycles. The van der Waals surface area contributed by atoms with E-state index in [4.69, 9.17) is 0 Å². The van der Waals surface area contributed by atoms with Gasteiger partial charge in [-0.25, -0.2) is 0 Å². The third-order valence-corrected chi connectivity index (χ3v) is 11.7. The van der Waals surface area contributed by atoms with Crippen molar-refractivity contribution in [2.24, 2.45) is 5.92 Å². The lowest BCUT2D eigenvalue weighted by atomic mass is 10.1. The van der Waals surface area contributed by atoms with Crippen molar-refractivity contribution in [2.75, 3.05) is 0 Å². The van der Waals surface area contributed by atoms with Crippen LogP contribution in [-0.4, -0.2) is 8.07 Å². The second-order valence-corrected chi connectivity index (χ2v) is 12.8. The van der Waals surface area contributed by atoms with Gasteiger partial charge in [-0.15, -0.1) is 0 Å². The van der Waals surface area contributed by atoms with Crippen LogP contribution in [0, 0.1) is 5.92 Å². The second kappa shape index (κ2) is 9.66. The predicted molar refractivity (Wildman–Crippen MR) is 138 cm³/mol. The summed E-state index contributed by atoms with van der Waals surface area (Å²) < 4.78 is 0. The SMILES string of the molecule is CCCCc1ccc([Si](C2=C(C(C)C)C=CC2)(c2ccccc2)c2ccccc2)cc1. The summed E-state index contributed by atoms with van der Waals surface area (Å²) in [5.74, 6) is 0.525. The molecule has 158 valence electrons. The predicted octanol–water partition coefficient (Wildman–Crippen LogP) is 5.95. The monoisotopic (exact) mass is 422 g/mol. The standard InChI is InChI=1S/C30H34Si/c1-4-5-13-25-20-22-28(23-21-25)31(26-14-8-6-9-15-26,27-16-10-7-11-17-27)30-19-12-18-29(30)24(2)3/h6-12,14-18,20-24H,4-5,13,19H2,1-3H3. The first kappa shape index (κ1) is 21.6. The third kappa shape index (κ3) is 4.12. The highest BCUT2D eigenvalue weighted by molar-refractivity contribution is 7.16. The molecule has 4 rings (SSSR count). The number of benzene rings is 3. The smallest absolute Gasteiger partial charge is 0.0805 e. The van der Waals surface area contributed by atoms with Gasteiger partial charge in [0.2, 0.25) is 0 Å². The van der Waals surface area contributed by atoms with Gasteiger partial charge in [-0.1, -0.05) is 129 Å². The molecule has 0 nitrogen and oxygen atoms in total. The molecule has 0 bridgehead atoms. The Morgan fingerprint density at radius 3 is 1.81 bits per heavy atom. The van der Waals surface area contributed by atoms with Crippen LogP contribution in [0.1, 0.15) is 45.6 Å². The van der Waals surface area contributed by atoms with Crippen LogP contribution in [0.4, 0.5) is 0 Å². The minimum absolute atomic E-state index is 0.525. The number of hydrogen-bond acceptors (Lipinski definition) is 0. The molecular formula is C30H34Si. The number of allylic oxidation sites excluding steroid dienone is 4. The van der Waals surface area contributed by atoms with E-state index in [-0.39, 0.29) is 0 Å².